The van der Waals surface area contributed by atoms with Crippen molar-refractivity contribution < 1.29 is 19.4 Å². The van der Waals surface area contributed by atoms with Crippen LogP contribution in [0.25, 0.3) is 5.69 Å². The number of rotatable bonds is 3. The standard InChI is InChI=1S/C20H23N3O4/c1-13-17(14(2)23(21-13)16-6-4-3-5-7-16)18(24)22-10-15-11-27-9-8-20(15,12-22)19(25)26/h3-7,15H,8-12H2,1-2H3,(H,25,26)/t15-,20+/m0/s1. The van der Waals surface area contributed by atoms with E-state index in [1.165, 1.54) is 0 Å². The number of hydrogen-bond donors (Lipinski definition) is 1. The highest BCUT2D eigenvalue weighted by molar-refractivity contribution is 5.97. The lowest BCUT2D eigenvalue weighted by Gasteiger charge is -2.33. The van der Waals surface area contributed by atoms with Crippen molar-refractivity contribution in [2.45, 2.75) is 20.3 Å². The number of carbonyl (C=O) groups is 2. The Balaban J connectivity index is 1.66. The minimum Gasteiger partial charge on any atom is -0.481 e. The number of benzene rings is 1. The fraction of sp³-hybridized carbons (Fsp3) is 0.450. The third-order valence-corrected chi connectivity index (χ3v) is 5.93. The van der Waals surface area contributed by atoms with Gasteiger partial charge >= 0.3 is 5.97 Å². The number of fused-ring (bicyclic) bond motifs is 1. The molecule has 0 unspecified atom stereocenters. The van der Waals surface area contributed by atoms with Gasteiger partial charge in [0.2, 0.25) is 0 Å². The van der Waals surface area contributed by atoms with Gasteiger partial charge in [0.1, 0.15) is 0 Å². The number of aliphatic carboxylic acids is 1. The van der Waals surface area contributed by atoms with E-state index in [4.69, 9.17) is 4.74 Å². The van der Waals surface area contributed by atoms with E-state index in [1.54, 1.807) is 9.58 Å². The van der Waals surface area contributed by atoms with E-state index in [0.717, 1.165) is 11.4 Å². The number of carbonyl (C=O) groups excluding carboxylic acids is 1. The number of aryl methyl sites for hydroxylation is 1. The normalized spacial score (nSPS) is 24.7. The molecule has 7 nitrogen and oxygen atoms in total. The number of carboxylic acids is 1. The van der Waals surface area contributed by atoms with Crippen molar-refractivity contribution in [2.75, 3.05) is 26.3 Å². The number of para-hydroxylation sites is 1. The molecular formula is C20H23N3O4. The Labute approximate surface area is 157 Å². The zero-order chi connectivity index (χ0) is 19.2. The van der Waals surface area contributed by atoms with Crippen LogP contribution in [-0.4, -0.2) is 58.0 Å². The molecule has 0 saturated carbocycles. The summed E-state index contributed by atoms with van der Waals surface area (Å²) in [5, 5.41) is 14.4. The Morgan fingerprint density at radius 3 is 2.67 bits per heavy atom. The predicted molar refractivity (Wildman–Crippen MR) is 97.9 cm³/mol. The van der Waals surface area contributed by atoms with Crippen molar-refractivity contribution in [3.8, 4) is 5.69 Å². The van der Waals surface area contributed by atoms with Crippen molar-refractivity contribution in [3.05, 3.63) is 47.3 Å². The first-order valence-electron chi connectivity index (χ1n) is 9.16. The molecule has 142 valence electrons. The Kier molecular flexibility index (Phi) is 4.26. The van der Waals surface area contributed by atoms with Crippen LogP contribution in [0, 0.1) is 25.2 Å². The number of likely N-dealkylation sites (tertiary alicyclic amines) is 1. The maximum absolute atomic E-state index is 13.3. The first kappa shape index (κ1) is 17.7. The molecule has 2 atom stereocenters. The number of carboxylic acid groups (broad SMARTS) is 1. The topological polar surface area (TPSA) is 84.7 Å². The third-order valence-electron chi connectivity index (χ3n) is 5.93. The summed E-state index contributed by atoms with van der Waals surface area (Å²) < 4.78 is 7.25. The summed E-state index contributed by atoms with van der Waals surface area (Å²) in [5.41, 5.74) is 1.96. The lowest BCUT2D eigenvalue weighted by Crippen LogP contribution is -2.45. The minimum absolute atomic E-state index is 0.151. The van der Waals surface area contributed by atoms with Crippen LogP contribution in [0.2, 0.25) is 0 Å². The predicted octanol–water partition coefficient (Wildman–Crippen LogP) is 2.05. The van der Waals surface area contributed by atoms with Gasteiger partial charge in [-0.1, -0.05) is 18.2 Å². The van der Waals surface area contributed by atoms with E-state index in [9.17, 15) is 14.7 Å². The van der Waals surface area contributed by atoms with Crippen LogP contribution in [0.1, 0.15) is 28.2 Å². The number of aromatic nitrogens is 2. The average molecular weight is 369 g/mol. The highest BCUT2D eigenvalue weighted by atomic mass is 16.5. The molecule has 0 aliphatic carbocycles. The van der Waals surface area contributed by atoms with Crippen molar-refractivity contribution in [1.29, 1.82) is 0 Å². The van der Waals surface area contributed by atoms with Crippen molar-refractivity contribution in [3.63, 3.8) is 0 Å². The molecule has 0 spiro atoms. The molecule has 27 heavy (non-hydrogen) atoms. The second-order valence-electron chi connectivity index (χ2n) is 7.46. The quantitative estimate of drug-likeness (QED) is 0.895. The summed E-state index contributed by atoms with van der Waals surface area (Å²) in [5.74, 6) is -1.15. The molecule has 1 N–H and O–H groups in total. The van der Waals surface area contributed by atoms with Crippen LogP contribution in [0.5, 0.6) is 0 Å². The van der Waals surface area contributed by atoms with Gasteiger partial charge < -0.3 is 14.7 Å². The van der Waals surface area contributed by atoms with Crippen molar-refractivity contribution in [1.82, 2.24) is 14.7 Å². The molecule has 2 aliphatic rings. The molecule has 2 saturated heterocycles. The maximum Gasteiger partial charge on any atom is 0.311 e. The number of hydrogen-bond acceptors (Lipinski definition) is 4. The van der Waals surface area contributed by atoms with Gasteiger partial charge in [-0.05, 0) is 32.4 Å². The first-order chi connectivity index (χ1) is 12.9. The van der Waals surface area contributed by atoms with Crippen LogP contribution in [0.4, 0.5) is 0 Å². The van der Waals surface area contributed by atoms with Gasteiger partial charge in [-0.2, -0.15) is 5.10 Å². The fourth-order valence-electron chi connectivity index (χ4n) is 4.39. The van der Waals surface area contributed by atoms with Crippen molar-refractivity contribution >= 4 is 11.9 Å². The molecule has 2 aromatic rings. The van der Waals surface area contributed by atoms with Gasteiger partial charge in [0.05, 0.1) is 34.7 Å². The Bertz CT molecular complexity index is 892. The van der Waals surface area contributed by atoms with Gasteiger partial charge in [0.15, 0.2) is 0 Å². The van der Waals surface area contributed by atoms with Gasteiger partial charge in [-0.3, -0.25) is 9.59 Å². The van der Waals surface area contributed by atoms with Crippen LogP contribution in [0.3, 0.4) is 0 Å². The van der Waals surface area contributed by atoms with Gasteiger partial charge in [0.25, 0.3) is 5.91 Å². The zero-order valence-electron chi connectivity index (χ0n) is 15.5. The Hall–Kier alpha value is -2.67. The largest absolute Gasteiger partial charge is 0.481 e. The van der Waals surface area contributed by atoms with Crippen LogP contribution in [0.15, 0.2) is 30.3 Å². The zero-order valence-corrected chi connectivity index (χ0v) is 15.5. The Morgan fingerprint density at radius 1 is 1.26 bits per heavy atom. The molecule has 7 heteroatoms. The lowest BCUT2D eigenvalue weighted by molar-refractivity contribution is -0.157. The van der Waals surface area contributed by atoms with E-state index in [-0.39, 0.29) is 18.4 Å². The molecule has 0 bridgehead atoms. The van der Waals surface area contributed by atoms with Crippen molar-refractivity contribution in [2.24, 2.45) is 11.3 Å². The lowest BCUT2D eigenvalue weighted by atomic mass is 9.74. The number of nitrogens with zero attached hydrogens (tertiary/aromatic N) is 3. The maximum atomic E-state index is 13.3. The molecule has 4 rings (SSSR count). The van der Waals surface area contributed by atoms with E-state index in [0.29, 0.717) is 37.4 Å². The molecule has 1 aromatic carbocycles. The average Bonchev–Trinajstić information content (AvgIpc) is 3.20. The molecule has 1 aromatic heterocycles. The smallest absolute Gasteiger partial charge is 0.311 e. The van der Waals surface area contributed by atoms with Gasteiger partial charge in [0, 0.05) is 25.6 Å². The van der Waals surface area contributed by atoms with Crippen LogP contribution < -0.4 is 0 Å². The summed E-state index contributed by atoms with van der Waals surface area (Å²) in [6.45, 7) is 5.13. The molecule has 2 aliphatic heterocycles. The monoisotopic (exact) mass is 369 g/mol. The van der Waals surface area contributed by atoms with Gasteiger partial charge in [-0.25, -0.2) is 4.68 Å². The van der Waals surface area contributed by atoms with Crippen LogP contribution in [-0.2, 0) is 9.53 Å². The fourth-order valence-corrected chi connectivity index (χ4v) is 4.39. The molecule has 3 heterocycles. The third kappa shape index (κ3) is 2.73. The van der Waals surface area contributed by atoms with E-state index >= 15 is 0 Å². The van der Waals surface area contributed by atoms with E-state index in [1.807, 2.05) is 44.2 Å². The SMILES string of the molecule is Cc1nn(-c2ccccc2)c(C)c1C(=O)N1C[C@H]2COCC[C@@]2(C(=O)O)C1. The van der Waals surface area contributed by atoms with Gasteiger partial charge in [-0.15, -0.1) is 0 Å². The second kappa shape index (κ2) is 6.49. The molecule has 1 amide bonds. The van der Waals surface area contributed by atoms with E-state index < -0.39 is 11.4 Å². The minimum atomic E-state index is -0.898. The molecule has 0 radical (unpaired) electrons. The number of amides is 1. The molecular weight excluding hydrogens is 346 g/mol. The Morgan fingerprint density at radius 2 is 2.00 bits per heavy atom. The van der Waals surface area contributed by atoms with Crippen LogP contribution >= 0.6 is 0 Å². The highest BCUT2D eigenvalue weighted by Gasteiger charge is 2.55. The summed E-state index contributed by atoms with van der Waals surface area (Å²) in [4.78, 5) is 26.9. The van der Waals surface area contributed by atoms with E-state index in [2.05, 4.69) is 5.10 Å². The first-order valence-corrected chi connectivity index (χ1v) is 9.16. The number of ether oxygens (including phenoxy) is 1. The summed E-state index contributed by atoms with van der Waals surface area (Å²) >= 11 is 0. The summed E-state index contributed by atoms with van der Waals surface area (Å²) in [6, 6.07) is 9.66. The summed E-state index contributed by atoms with van der Waals surface area (Å²) in [6.07, 6.45) is 0.442. The second-order valence-corrected chi connectivity index (χ2v) is 7.46. The summed E-state index contributed by atoms with van der Waals surface area (Å²) in [7, 11) is 0. The highest BCUT2D eigenvalue weighted by Crippen LogP contribution is 2.43. The molecule has 2 fully saturated rings.